The van der Waals surface area contributed by atoms with Gasteiger partial charge in [0.1, 0.15) is 11.1 Å². The molecule has 0 radical (unpaired) electrons. The number of carboxylic acids is 1. The minimum absolute atomic E-state index is 0.0142. The van der Waals surface area contributed by atoms with E-state index < -0.39 is 12.1 Å². The van der Waals surface area contributed by atoms with Crippen LogP contribution in [-0.4, -0.2) is 56.7 Å². The van der Waals surface area contributed by atoms with Gasteiger partial charge in [-0.3, -0.25) is 20.1 Å². The van der Waals surface area contributed by atoms with Gasteiger partial charge >= 0.3 is 12.1 Å². The molecule has 1 aliphatic carbocycles. The number of aliphatic carboxylic acids is 1. The summed E-state index contributed by atoms with van der Waals surface area (Å²) >= 11 is 6.38. The van der Waals surface area contributed by atoms with E-state index in [2.05, 4.69) is 65.5 Å². The van der Waals surface area contributed by atoms with Crippen LogP contribution in [-0.2, 0) is 17.8 Å². The van der Waals surface area contributed by atoms with Crippen LogP contribution >= 0.6 is 11.6 Å². The van der Waals surface area contributed by atoms with Gasteiger partial charge in [-0.15, -0.1) is 0 Å². The topological polar surface area (TPSA) is 122 Å². The normalized spacial score (nSPS) is 13.5. The lowest BCUT2D eigenvalue weighted by Crippen LogP contribution is -2.48. The van der Waals surface area contributed by atoms with Crippen molar-refractivity contribution in [3.8, 4) is 6.07 Å². The summed E-state index contributed by atoms with van der Waals surface area (Å²) in [6.07, 6.45) is 1.21. The second-order valence-corrected chi connectivity index (χ2v) is 11.5. The number of anilines is 1. The first kappa shape index (κ1) is 34.3. The van der Waals surface area contributed by atoms with Gasteiger partial charge in [0.15, 0.2) is 5.82 Å². The fourth-order valence-corrected chi connectivity index (χ4v) is 4.90. The number of benzene rings is 2. The minimum Gasteiger partial charge on any atom is -0.475 e. The molecule has 2 aromatic carbocycles. The number of likely N-dealkylation sites (N-methyl/N-ethyl adjacent to an activating group) is 1. The molecule has 1 fully saturated rings. The molecule has 0 spiro atoms. The predicted octanol–water partition coefficient (Wildman–Crippen LogP) is 6.18. The third-order valence-corrected chi connectivity index (χ3v) is 7.62. The molecule has 2 N–H and O–H groups in total. The molecular weight excluding hydrogens is 597 g/mol. The van der Waals surface area contributed by atoms with Crippen LogP contribution in [0.25, 0.3) is 0 Å². The standard InChI is InChI=1S/C29H33ClN6O.C2HF3O2/c1-29(2,17-21-9-5-4-6-10-21)35(3)20-22-13-15-23(16-14-22)28(37)34-36(24-11-7-8-12-24)27-25(30)19-32-26(18-31)33-27;3-2(4,5)1(6)7/h4-6,9-10,13-16,19,24H,7-8,11-12,17,20H2,1-3H3,(H,34,37);(H,6,7). The van der Waals surface area contributed by atoms with Crippen molar-refractivity contribution >= 4 is 29.3 Å². The molecule has 0 aliphatic heterocycles. The van der Waals surface area contributed by atoms with Crippen molar-refractivity contribution in [1.82, 2.24) is 20.3 Å². The van der Waals surface area contributed by atoms with Crippen molar-refractivity contribution in [2.24, 2.45) is 0 Å². The number of hydrazine groups is 1. The largest absolute Gasteiger partial charge is 0.490 e. The van der Waals surface area contributed by atoms with Gasteiger partial charge < -0.3 is 5.11 Å². The number of nitrogens with one attached hydrogen (secondary N) is 1. The van der Waals surface area contributed by atoms with Crippen LogP contribution in [0, 0.1) is 11.3 Å². The van der Waals surface area contributed by atoms with Crippen molar-refractivity contribution in [1.29, 1.82) is 5.26 Å². The summed E-state index contributed by atoms with van der Waals surface area (Å²) in [5.41, 5.74) is 5.95. The highest BCUT2D eigenvalue weighted by atomic mass is 35.5. The van der Waals surface area contributed by atoms with E-state index >= 15 is 0 Å². The maximum absolute atomic E-state index is 13.2. The molecule has 3 aromatic rings. The third kappa shape index (κ3) is 9.65. The molecule has 13 heteroatoms. The van der Waals surface area contributed by atoms with E-state index in [9.17, 15) is 23.2 Å². The first-order valence-corrected chi connectivity index (χ1v) is 14.3. The van der Waals surface area contributed by atoms with E-state index in [0.29, 0.717) is 16.4 Å². The van der Waals surface area contributed by atoms with E-state index in [1.807, 2.05) is 36.4 Å². The molecule has 1 saturated carbocycles. The number of amides is 1. The Morgan fingerprint density at radius 1 is 1.07 bits per heavy atom. The Balaban J connectivity index is 0.000000676. The van der Waals surface area contributed by atoms with Gasteiger partial charge in [0.25, 0.3) is 5.91 Å². The molecule has 1 amide bonds. The van der Waals surface area contributed by atoms with Crippen LogP contribution in [0.5, 0.6) is 0 Å². The zero-order valence-electron chi connectivity index (χ0n) is 24.6. The molecule has 9 nitrogen and oxygen atoms in total. The van der Waals surface area contributed by atoms with Gasteiger partial charge in [0, 0.05) is 17.6 Å². The smallest absolute Gasteiger partial charge is 0.475 e. The number of aromatic nitrogens is 2. The Labute approximate surface area is 259 Å². The summed E-state index contributed by atoms with van der Waals surface area (Å²) < 4.78 is 31.7. The summed E-state index contributed by atoms with van der Waals surface area (Å²) in [6.45, 7) is 5.26. The molecule has 1 aromatic heterocycles. The molecule has 0 bridgehead atoms. The average molecular weight is 631 g/mol. The highest BCUT2D eigenvalue weighted by molar-refractivity contribution is 6.32. The second kappa shape index (κ2) is 15.0. The monoisotopic (exact) mass is 630 g/mol. The number of hydrogen-bond acceptors (Lipinski definition) is 7. The van der Waals surface area contributed by atoms with Crippen molar-refractivity contribution in [3.05, 3.63) is 88.3 Å². The fourth-order valence-electron chi connectivity index (χ4n) is 4.71. The average Bonchev–Trinajstić information content (AvgIpc) is 3.52. The van der Waals surface area contributed by atoms with E-state index in [1.54, 1.807) is 5.01 Å². The molecular formula is C31H34ClF3N6O3. The lowest BCUT2D eigenvalue weighted by atomic mass is 9.93. The SMILES string of the molecule is CN(Cc1ccc(C(=O)NN(c2nc(C#N)ncc2Cl)C2CCCC2)cc1)C(C)(C)Cc1ccccc1.O=C(O)C(F)(F)F. The maximum Gasteiger partial charge on any atom is 0.490 e. The number of nitrogens with zero attached hydrogens (tertiary/aromatic N) is 5. The van der Waals surface area contributed by atoms with Crippen LogP contribution in [0.1, 0.15) is 66.8 Å². The van der Waals surface area contributed by atoms with Crippen LogP contribution in [0.4, 0.5) is 19.0 Å². The van der Waals surface area contributed by atoms with E-state index in [0.717, 1.165) is 44.2 Å². The quantitative estimate of drug-likeness (QED) is 0.269. The molecule has 4 rings (SSSR count). The molecule has 1 aliphatic rings. The van der Waals surface area contributed by atoms with Gasteiger partial charge in [-0.25, -0.2) is 9.78 Å². The number of nitriles is 1. The predicted molar refractivity (Wildman–Crippen MR) is 160 cm³/mol. The first-order chi connectivity index (χ1) is 20.7. The lowest BCUT2D eigenvalue weighted by molar-refractivity contribution is -0.192. The fraction of sp³-hybridized carbons (Fsp3) is 0.387. The second-order valence-electron chi connectivity index (χ2n) is 11.1. The number of carboxylic acid groups (broad SMARTS) is 1. The van der Waals surface area contributed by atoms with Crippen LogP contribution in [0.15, 0.2) is 60.8 Å². The number of halogens is 4. The summed E-state index contributed by atoms with van der Waals surface area (Å²) in [4.78, 5) is 32.7. The number of alkyl halides is 3. The highest BCUT2D eigenvalue weighted by Crippen LogP contribution is 2.30. The van der Waals surface area contributed by atoms with Gasteiger partial charge in [0.05, 0.1) is 12.2 Å². The lowest BCUT2D eigenvalue weighted by Gasteiger charge is -2.36. The van der Waals surface area contributed by atoms with Gasteiger partial charge in [-0.05, 0) is 63.4 Å². The Hall–Kier alpha value is -4.21. The van der Waals surface area contributed by atoms with E-state index in [4.69, 9.17) is 21.5 Å². The van der Waals surface area contributed by atoms with E-state index in [-0.39, 0.29) is 23.3 Å². The summed E-state index contributed by atoms with van der Waals surface area (Å²) in [6, 6.07) is 20.2. The van der Waals surface area contributed by atoms with Gasteiger partial charge in [-0.2, -0.15) is 23.4 Å². The van der Waals surface area contributed by atoms with Gasteiger partial charge in [0.2, 0.25) is 5.82 Å². The summed E-state index contributed by atoms with van der Waals surface area (Å²) in [5.74, 6) is -2.63. The van der Waals surface area contributed by atoms with E-state index in [1.165, 1.54) is 11.8 Å². The van der Waals surface area contributed by atoms with Crippen molar-refractivity contribution in [2.45, 2.75) is 70.3 Å². The van der Waals surface area contributed by atoms with Crippen LogP contribution in [0.3, 0.4) is 0 Å². The number of rotatable bonds is 9. The summed E-state index contributed by atoms with van der Waals surface area (Å²) in [7, 11) is 2.13. The summed E-state index contributed by atoms with van der Waals surface area (Å²) in [5, 5.41) is 18.4. The van der Waals surface area contributed by atoms with Crippen LogP contribution in [0.2, 0.25) is 5.02 Å². The Morgan fingerprint density at radius 3 is 2.20 bits per heavy atom. The third-order valence-electron chi connectivity index (χ3n) is 7.36. The minimum atomic E-state index is -5.08. The van der Waals surface area contributed by atoms with Crippen molar-refractivity contribution in [3.63, 3.8) is 0 Å². The van der Waals surface area contributed by atoms with Gasteiger partial charge in [-0.1, -0.05) is 66.9 Å². The molecule has 0 saturated heterocycles. The van der Waals surface area contributed by atoms with Crippen molar-refractivity contribution < 1.29 is 27.9 Å². The molecule has 0 atom stereocenters. The number of carbonyl (C=O) groups is 2. The molecule has 44 heavy (non-hydrogen) atoms. The Kier molecular flexibility index (Phi) is 11.7. The highest BCUT2D eigenvalue weighted by Gasteiger charge is 2.38. The maximum atomic E-state index is 13.2. The molecule has 0 unspecified atom stereocenters. The van der Waals surface area contributed by atoms with Crippen LogP contribution < -0.4 is 10.4 Å². The Morgan fingerprint density at radius 2 is 1.66 bits per heavy atom. The first-order valence-electron chi connectivity index (χ1n) is 13.9. The van der Waals surface area contributed by atoms with Crippen molar-refractivity contribution in [2.75, 3.05) is 12.1 Å². The molecule has 1 heterocycles. The zero-order chi connectivity index (χ0) is 32.5. The molecule has 234 valence electrons. The number of carbonyl (C=O) groups excluding carboxylic acids is 1. The Bertz CT molecular complexity index is 1460. The number of hydrogen-bond donors (Lipinski definition) is 2. The zero-order valence-corrected chi connectivity index (χ0v) is 25.4.